The molecule has 0 spiro atoms. The Balaban J connectivity index is 2.10. The maximum atomic E-state index is 12.5. The molecule has 0 aromatic heterocycles. The molecule has 0 saturated carbocycles. The molecule has 21 heavy (non-hydrogen) atoms. The minimum atomic E-state index is -0.245. The molecule has 1 fully saturated rings. The van der Waals surface area contributed by atoms with E-state index in [4.69, 9.17) is 5.73 Å². The third kappa shape index (κ3) is 3.26. The summed E-state index contributed by atoms with van der Waals surface area (Å²) in [6.07, 6.45) is 1.21. The zero-order chi connectivity index (χ0) is 15.4. The van der Waals surface area contributed by atoms with E-state index >= 15 is 0 Å². The number of phenolic OH excluding ortho intramolecular Hbond substituents is 1. The first-order valence-electron chi connectivity index (χ1n) is 7.19. The number of nitrogens with two attached hydrogens (primary N) is 1. The molecule has 114 valence electrons. The quantitative estimate of drug-likeness (QED) is 0.630. The number of para-hydroxylation sites is 1. The van der Waals surface area contributed by atoms with E-state index in [9.17, 15) is 14.7 Å². The summed E-state index contributed by atoms with van der Waals surface area (Å²) >= 11 is 0. The molecule has 0 atom stereocenters. The number of nitrogens with zero attached hydrogens (tertiary/aromatic N) is 2. The van der Waals surface area contributed by atoms with Gasteiger partial charge in [0.1, 0.15) is 0 Å². The Morgan fingerprint density at radius 1 is 1.19 bits per heavy atom. The first kappa shape index (κ1) is 15.2. The third-order valence-corrected chi connectivity index (χ3v) is 3.74. The molecule has 0 bridgehead atoms. The summed E-state index contributed by atoms with van der Waals surface area (Å²) in [5, 5.41) is 9.91. The van der Waals surface area contributed by atoms with Gasteiger partial charge in [-0.05, 0) is 18.6 Å². The van der Waals surface area contributed by atoms with E-state index in [-0.39, 0.29) is 28.8 Å². The smallest absolute Gasteiger partial charge is 0.257 e. The standard InChI is InChI=1S/C15H21N3O3/c1-2-13(19)17-7-4-8-18(10-9-17)15(21)11-5-3-6-12(16)14(11)20/h3,5-6,20H,2,4,7-10,16H2,1H3. The average molecular weight is 291 g/mol. The summed E-state index contributed by atoms with van der Waals surface area (Å²) < 4.78 is 0. The molecule has 0 unspecified atom stereocenters. The van der Waals surface area contributed by atoms with Crippen LogP contribution >= 0.6 is 0 Å². The summed E-state index contributed by atoms with van der Waals surface area (Å²) in [5.41, 5.74) is 6.03. The molecule has 1 heterocycles. The maximum absolute atomic E-state index is 12.5. The monoisotopic (exact) mass is 291 g/mol. The van der Waals surface area contributed by atoms with Crippen LogP contribution < -0.4 is 5.73 Å². The molecule has 6 nitrogen and oxygen atoms in total. The topological polar surface area (TPSA) is 86.9 Å². The number of carbonyl (C=O) groups excluding carboxylic acids is 2. The molecule has 1 saturated heterocycles. The second kappa shape index (κ2) is 6.47. The highest BCUT2D eigenvalue weighted by Gasteiger charge is 2.24. The number of hydrogen-bond donors (Lipinski definition) is 2. The van der Waals surface area contributed by atoms with Crippen LogP contribution in [-0.2, 0) is 4.79 Å². The van der Waals surface area contributed by atoms with Crippen LogP contribution in [0.4, 0.5) is 5.69 Å². The number of phenols is 1. The molecular weight excluding hydrogens is 270 g/mol. The molecule has 1 aromatic rings. The number of benzene rings is 1. The van der Waals surface area contributed by atoms with Gasteiger partial charge in [0.25, 0.3) is 5.91 Å². The lowest BCUT2D eigenvalue weighted by molar-refractivity contribution is -0.130. The van der Waals surface area contributed by atoms with Gasteiger partial charge in [0.2, 0.25) is 5.91 Å². The highest BCUT2D eigenvalue weighted by atomic mass is 16.3. The number of carbonyl (C=O) groups is 2. The van der Waals surface area contributed by atoms with Crippen LogP contribution in [0.5, 0.6) is 5.75 Å². The van der Waals surface area contributed by atoms with Crippen LogP contribution in [0.3, 0.4) is 0 Å². The van der Waals surface area contributed by atoms with Crippen molar-refractivity contribution in [3.05, 3.63) is 23.8 Å². The van der Waals surface area contributed by atoms with Gasteiger partial charge in [-0.25, -0.2) is 0 Å². The van der Waals surface area contributed by atoms with Crippen molar-refractivity contribution in [2.24, 2.45) is 0 Å². The highest BCUT2D eigenvalue weighted by Crippen LogP contribution is 2.26. The van der Waals surface area contributed by atoms with Gasteiger partial charge in [0, 0.05) is 32.6 Å². The van der Waals surface area contributed by atoms with Crippen LogP contribution in [0, 0.1) is 0 Å². The van der Waals surface area contributed by atoms with Crippen LogP contribution in [0.2, 0.25) is 0 Å². The Bertz CT molecular complexity index is 545. The Morgan fingerprint density at radius 3 is 2.57 bits per heavy atom. The summed E-state index contributed by atoms with van der Waals surface area (Å²) in [4.78, 5) is 27.7. The molecule has 0 radical (unpaired) electrons. The molecular formula is C15H21N3O3. The van der Waals surface area contributed by atoms with E-state index in [1.807, 2.05) is 6.92 Å². The largest absolute Gasteiger partial charge is 0.505 e. The summed E-state index contributed by atoms with van der Waals surface area (Å²) in [6, 6.07) is 4.76. The second-order valence-electron chi connectivity index (χ2n) is 5.12. The zero-order valence-electron chi connectivity index (χ0n) is 12.2. The van der Waals surface area contributed by atoms with Crippen molar-refractivity contribution in [2.75, 3.05) is 31.9 Å². The van der Waals surface area contributed by atoms with E-state index in [1.165, 1.54) is 0 Å². The van der Waals surface area contributed by atoms with E-state index < -0.39 is 0 Å². The van der Waals surface area contributed by atoms with E-state index in [2.05, 4.69) is 0 Å². The molecule has 0 aliphatic carbocycles. The lowest BCUT2D eigenvalue weighted by Gasteiger charge is -2.22. The lowest BCUT2D eigenvalue weighted by atomic mass is 10.1. The van der Waals surface area contributed by atoms with E-state index in [1.54, 1.807) is 28.0 Å². The van der Waals surface area contributed by atoms with E-state index in [0.29, 0.717) is 32.6 Å². The molecule has 1 aliphatic heterocycles. The minimum Gasteiger partial charge on any atom is -0.505 e. The SMILES string of the molecule is CCC(=O)N1CCCN(C(=O)c2cccc(N)c2O)CC1. The highest BCUT2D eigenvalue weighted by molar-refractivity contribution is 5.98. The van der Waals surface area contributed by atoms with Crippen molar-refractivity contribution >= 4 is 17.5 Å². The maximum Gasteiger partial charge on any atom is 0.257 e. The Kier molecular flexibility index (Phi) is 4.67. The number of aromatic hydroxyl groups is 1. The summed E-state index contributed by atoms with van der Waals surface area (Å²) in [5.74, 6) is -0.310. The molecule has 1 aliphatic rings. The first-order chi connectivity index (χ1) is 10.0. The number of anilines is 1. The second-order valence-corrected chi connectivity index (χ2v) is 5.12. The zero-order valence-corrected chi connectivity index (χ0v) is 12.2. The Morgan fingerprint density at radius 2 is 1.86 bits per heavy atom. The molecule has 2 rings (SSSR count). The van der Waals surface area contributed by atoms with Crippen molar-refractivity contribution < 1.29 is 14.7 Å². The summed E-state index contributed by atoms with van der Waals surface area (Å²) in [6.45, 7) is 4.07. The van der Waals surface area contributed by atoms with Gasteiger partial charge in [-0.15, -0.1) is 0 Å². The van der Waals surface area contributed by atoms with Crippen LogP contribution in [-0.4, -0.2) is 52.9 Å². The fraction of sp³-hybridized carbons (Fsp3) is 0.467. The average Bonchev–Trinajstić information content (AvgIpc) is 2.74. The fourth-order valence-electron chi connectivity index (χ4n) is 2.50. The number of amides is 2. The van der Waals surface area contributed by atoms with Crippen LogP contribution in [0.25, 0.3) is 0 Å². The number of rotatable bonds is 2. The van der Waals surface area contributed by atoms with Crippen molar-refractivity contribution in [3.63, 3.8) is 0 Å². The van der Waals surface area contributed by atoms with Gasteiger partial charge < -0.3 is 20.6 Å². The first-order valence-corrected chi connectivity index (χ1v) is 7.19. The third-order valence-electron chi connectivity index (χ3n) is 3.74. The van der Waals surface area contributed by atoms with Gasteiger partial charge in [0.15, 0.2) is 5.75 Å². The number of hydrogen-bond acceptors (Lipinski definition) is 4. The van der Waals surface area contributed by atoms with Gasteiger partial charge in [0.05, 0.1) is 11.3 Å². The molecule has 3 N–H and O–H groups in total. The van der Waals surface area contributed by atoms with Gasteiger partial charge >= 0.3 is 0 Å². The lowest BCUT2D eigenvalue weighted by Crippen LogP contribution is -2.37. The summed E-state index contributed by atoms with van der Waals surface area (Å²) in [7, 11) is 0. The molecule has 2 amide bonds. The van der Waals surface area contributed by atoms with Crippen molar-refractivity contribution in [1.29, 1.82) is 0 Å². The van der Waals surface area contributed by atoms with Gasteiger partial charge in [-0.1, -0.05) is 13.0 Å². The van der Waals surface area contributed by atoms with Crippen molar-refractivity contribution in [3.8, 4) is 5.75 Å². The minimum absolute atomic E-state index is 0.108. The van der Waals surface area contributed by atoms with Gasteiger partial charge in [-0.2, -0.15) is 0 Å². The van der Waals surface area contributed by atoms with Crippen LogP contribution in [0.15, 0.2) is 18.2 Å². The predicted octanol–water partition coefficient (Wildman–Crippen LogP) is 1.06. The van der Waals surface area contributed by atoms with Crippen LogP contribution in [0.1, 0.15) is 30.1 Å². The predicted molar refractivity (Wildman–Crippen MR) is 79.9 cm³/mol. The van der Waals surface area contributed by atoms with Gasteiger partial charge in [-0.3, -0.25) is 9.59 Å². The van der Waals surface area contributed by atoms with Crippen molar-refractivity contribution in [2.45, 2.75) is 19.8 Å². The Hall–Kier alpha value is -2.24. The van der Waals surface area contributed by atoms with Crippen molar-refractivity contribution in [1.82, 2.24) is 9.80 Å². The molecule has 1 aromatic carbocycles. The molecule has 6 heteroatoms. The normalized spacial score (nSPS) is 15.7. The van der Waals surface area contributed by atoms with E-state index in [0.717, 1.165) is 6.42 Å². The fourth-order valence-corrected chi connectivity index (χ4v) is 2.50. The number of nitrogen functional groups attached to an aromatic ring is 1. The Labute approximate surface area is 124 Å².